The van der Waals surface area contributed by atoms with Crippen molar-refractivity contribution in [3.05, 3.63) is 80.4 Å². The topological polar surface area (TPSA) is 102 Å². The van der Waals surface area contributed by atoms with E-state index in [0.29, 0.717) is 43.0 Å². The van der Waals surface area contributed by atoms with Crippen LogP contribution in [0.2, 0.25) is 5.02 Å². The number of thiophene rings is 1. The van der Waals surface area contributed by atoms with Crippen molar-refractivity contribution in [3.63, 3.8) is 0 Å². The molecule has 2 aromatic carbocycles. The normalized spacial score (nSPS) is 15.7. The molecule has 0 saturated carbocycles. The van der Waals surface area contributed by atoms with Gasteiger partial charge in [-0.15, -0.1) is 11.3 Å². The number of hydrogen-bond acceptors (Lipinski definition) is 9. The molecular formula is C27H19ClN2O6S2. The van der Waals surface area contributed by atoms with Crippen molar-refractivity contribution < 1.29 is 28.6 Å². The lowest BCUT2D eigenvalue weighted by Crippen LogP contribution is -2.30. The maximum absolute atomic E-state index is 13.8. The Bertz CT molecular complexity index is 1790. The number of halogens is 1. The zero-order valence-corrected chi connectivity index (χ0v) is 22.7. The van der Waals surface area contributed by atoms with Gasteiger partial charge >= 0.3 is 0 Å². The highest BCUT2D eigenvalue weighted by Gasteiger charge is 2.47. The number of aliphatic hydroxyl groups is 1. The van der Waals surface area contributed by atoms with Gasteiger partial charge in [0, 0.05) is 21.4 Å². The number of anilines is 1. The minimum absolute atomic E-state index is 0.0528. The van der Waals surface area contributed by atoms with Crippen LogP contribution in [0.1, 0.15) is 27.0 Å². The SMILES string of the molecule is COc1cc2sc(N3C(=O)C(O)=C(C(=O)c4cc5cc(Cl)cc(OC)c5o4)C3c3cccs3)nc2cc1C. The third kappa shape index (κ3) is 3.75. The van der Waals surface area contributed by atoms with Gasteiger partial charge in [-0.1, -0.05) is 29.0 Å². The maximum atomic E-state index is 13.8. The van der Waals surface area contributed by atoms with E-state index in [1.54, 1.807) is 19.2 Å². The van der Waals surface area contributed by atoms with Crippen LogP contribution in [0.5, 0.6) is 11.5 Å². The van der Waals surface area contributed by atoms with Gasteiger partial charge in [0.1, 0.15) is 11.8 Å². The smallest absolute Gasteiger partial charge is 0.296 e. The summed E-state index contributed by atoms with van der Waals surface area (Å²) in [5.41, 5.74) is 1.83. The van der Waals surface area contributed by atoms with E-state index in [9.17, 15) is 14.7 Å². The van der Waals surface area contributed by atoms with Crippen LogP contribution < -0.4 is 14.4 Å². The maximum Gasteiger partial charge on any atom is 0.296 e. The Balaban J connectivity index is 1.48. The summed E-state index contributed by atoms with van der Waals surface area (Å²) in [7, 11) is 3.06. The third-order valence-electron chi connectivity index (χ3n) is 6.36. The Morgan fingerprint density at radius 3 is 2.66 bits per heavy atom. The highest BCUT2D eigenvalue weighted by Crippen LogP contribution is 2.46. The molecule has 1 N–H and O–H groups in total. The van der Waals surface area contributed by atoms with Crippen molar-refractivity contribution in [1.29, 1.82) is 0 Å². The number of aromatic nitrogens is 1. The van der Waals surface area contributed by atoms with Gasteiger partial charge in [0.25, 0.3) is 5.91 Å². The Labute approximate surface area is 229 Å². The number of ketones is 1. The molecule has 1 amide bonds. The second-order valence-corrected chi connectivity index (χ2v) is 11.0. The standard InChI is InChI=1S/C27H19ClN2O6S2/c1-12-7-15-20(11-16(12)34-2)38-27(29-15)30-22(19-5-4-6-37-19)21(24(32)26(30)33)23(31)17-9-13-8-14(28)10-18(35-3)25(13)36-17/h4-11,22,32H,1-3H3. The number of carbonyl (C=O) groups excluding carboxylic acids is 2. The van der Waals surface area contributed by atoms with Crippen LogP contribution >= 0.6 is 34.3 Å². The van der Waals surface area contributed by atoms with Gasteiger partial charge in [0.2, 0.25) is 5.78 Å². The minimum atomic E-state index is -0.891. The van der Waals surface area contributed by atoms with Crippen LogP contribution in [0.4, 0.5) is 5.13 Å². The number of nitrogens with zero attached hydrogens (tertiary/aromatic N) is 2. The number of aliphatic hydroxyl groups excluding tert-OH is 1. The number of benzene rings is 2. The molecule has 1 aliphatic rings. The second-order valence-electron chi connectivity index (χ2n) is 8.61. The van der Waals surface area contributed by atoms with Gasteiger partial charge in [0.05, 0.1) is 30.0 Å². The van der Waals surface area contributed by atoms with E-state index in [0.717, 1.165) is 10.3 Å². The molecule has 0 fully saturated rings. The quantitative estimate of drug-likeness (QED) is 0.224. The molecule has 0 spiro atoms. The Morgan fingerprint density at radius 1 is 1.16 bits per heavy atom. The molecule has 8 nitrogen and oxygen atoms in total. The lowest BCUT2D eigenvalue weighted by Gasteiger charge is -2.22. The monoisotopic (exact) mass is 566 g/mol. The molecule has 38 heavy (non-hydrogen) atoms. The van der Waals surface area contributed by atoms with Crippen LogP contribution in [0.25, 0.3) is 21.2 Å². The first kappa shape index (κ1) is 24.5. The molecule has 192 valence electrons. The second kappa shape index (κ2) is 9.16. The molecule has 1 unspecified atom stereocenters. The van der Waals surface area contributed by atoms with Gasteiger partial charge in [-0.3, -0.25) is 14.5 Å². The summed E-state index contributed by atoms with van der Waals surface area (Å²) < 4.78 is 17.4. The van der Waals surface area contributed by atoms with Gasteiger partial charge in [0.15, 0.2) is 28.0 Å². The Hall–Kier alpha value is -3.86. The number of rotatable bonds is 6. The molecule has 3 aromatic heterocycles. The van der Waals surface area contributed by atoms with Gasteiger partial charge < -0.3 is 19.0 Å². The number of ether oxygens (including phenoxy) is 2. The lowest BCUT2D eigenvalue weighted by atomic mass is 10.0. The average molecular weight is 567 g/mol. The molecule has 5 aromatic rings. The predicted octanol–water partition coefficient (Wildman–Crippen LogP) is 6.87. The summed E-state index contributed by atoms with van der Waals surface area (Å²) in [6.45, 7) is 1.91. The number of amides is 1. The van der Waals surface area contributed by atoms with E-state index >= 15 is 0 Å². The van der Waals surface area contributed by atoms with Crippen LogP contribution in [-0.4, -0.2) is 36.0 Å². The molecule has 11 heteroatoms. The summed E-state index contributed by atoms with van der Waals surface area (Å²) in [5, 5.41) is 14.2. The Morgan fingerprint density at radius 2 is 1.95 bits per heavy atom. The number of aryl methyl sites for hydroxylation is 1. The third-order valence-corrected chi connectivity index (χ3v) is 8.52. The zero-order valence-electron chi connectivity index (χ0n) is 20.3. The molecule has 0 saturated heterocycles. The van der Waals surface area contributed by atoms with Crippen molar-refractivity contribution in [2.75, 3.05) is 19.1 Å². The number of thiazole rings is 1. The largest absolute Gasteiger partial charge is 0.503 e. The highest BCUT2D eigenvalue weighted by molar-refractivity contribution is 7.22. The van der Waals surface area contributed by atoms with E-state index in [4.69, 9.17) is 25.5 Å². The summed E-state index contributed by atoms with van der Waals surface area (Å²) in [5.74, 6) is -0.970. The van der Waals surface area contributed by atoms with Crippen molar-refractivity contribution in [1.82, 2.24) is 4.98 Å². The molecule has 0 bridgehead atoms. The van der Waals surface area contributed by atoms with E-state index < -0.39 is 23.5 Å². The van der Waals surface area contributed by atoms with Crippen LogP contribution in [-0.2, 0) is 4.79 Å². The molecule has 0 radical (unpaired) electrons. The molecule has 4 heterocycles. The number of hydrogen-bond donors (Lipinski definition) is 1. The van der Waals surface area contributed by atoms with Gasteiger partial charge in [-0.2, -0.15) is 0 Å². The van der Waals surface area contributed by atoms with E-state index in [2.05, 4.69) is 4.98 Å². The fourth-order valence-electron chi connectivity index (χ4n) is 4.60. The van der Waals surface area contributed by atoms with Gasteiger partial charge in [-0.25, -0.2) is 4.98 Å². The molecular weight excluding hydrogens is 548 g/mol. The fraction of sp³-hybridized carbons (Fsp3) is 0.148. The molecule has 0 aliphatic carbocycles. The zero-order chi connectivity index (χ0) is 26.7. The lowest BCUT2D eigenvalue weighted by molar-refractivity contribution is -0.117. The summed E-state index contributed by atoms with van der Waals surface area (Å²) >= 11 is 8.82. The molecule has 6 rings (SSSR count). The van der Waals surface area contributed by atoms with Crippen molar-refractivity contribution in [2.45, 2.75) is 13.0 Å². The highest BCUT2D eigenvalue weighted by atomic mass is 35.5. The summed E-state index contributed by atoms with van der Waals surface area (Å²) in [6, 6.07) is 11.2. The number of carbonyl (C=O) groups is 2. The van der Waals surface area contributed by atoms with Gasteiger partial charge in [-0.05, 0) is 48.2 Å². The first-order chi connectivity index (χ1) is 18.3. The van der Waals surface area contributed by atoms with Crippen molar-refractivity contribution in [2.24, 2.45) is 0 Å². The fourth-order valence-corrected chi connectivity index (χ4v) is 6.65. The molecule has 1 atom stereocenters. The van der Waals surface area contributed by atoms with Crippen molar-refractivity contribution >= 4 is 72.3 Å². The van der Waals surface area contributed by atoms with Crippen molar-refractivity contribution in [3.8, 4) is 11.5 Å². The summed E-state index contributed by atoms with van der Waals surface area (Å²) in [4.78, 5) is 34.1. The van der Waals surface area contributed by atoms with Crippen LogP contribution in [0, 0.1) is 6.92 Å². The minimum Gasteiger partial charge on any atom is -0.503 e. The first-order valence-corrected chi connectivity index (χ1v) is 13.4. The molecule has 1 aliphatic heterocycles. The predicted molar refractivity (Wildman–Crippen MR) is 147 cm³/mol. The Kier molecular flexibility index (Phi) is 5.90. The van der Waals surface area contributed by atoms with Crippen LogP contribution in [0.15, 0.2) is 63.6 Å². The van der Waals surface area contributed by atoms with E-state index in [1.165, 1.54) is 40.7 Å². The number of methoxy groups -OCH3 is 2. The van der Waals surface area contributed by atoms with E-state index in [-0.39, 0.29) is 11.3 Å². The number of furan rings is 1. The van der Waals surface area contributed by atoms with E-state index in [1.807, 2.05) is 36.6 Å². The van der Waals surface area contributed by atoms with Crippen LogP contribution in [0.3, 0.4) is 0 Å². The average Bonchev–Trinajstić information content (AvgIpc) is 3.68. The number of fused-ring (bicyclic) bond motifs is 2. The number of Topliss-reactive ketones (excluding diaryl/α,β-unsaturated/α-hetero) is 1. The summed E-state index contributed by atoms with van der Waals surface area (Å²) in [6.07, 6.45) is 0. The first-order valence-electron chi connectivity index (χ1n) is 11.4.